The topological polar surface area (TPSA) is 82.5 Å². The van der Waals surface area contributed by atoms with E-state index >= 15 is 0 Å². The molecule has 0 spiro atoms. The number of nitrogens with zero attached hydrogens (tertiary/aromatic N) is 3. The van der Waals surface area contributed by atoms with Gasteiger partial charge in [0.15, 0.2) is 0 Å². The van der Waals surface area contributed by atoms with E-state index in [4.69, 9.17) is 10.5 Å². The van der Waals surface area contributed by atoms with E-state index in [0.717, 1.165) is 0 Å². The third kappa shape index (κ3) is 3.50. The fraction of sp³-hybridized carbons (Fsp3) is 0.444. The van der Waals surface area contributed by atoms with Crippen LogP contribution in [-0.4, -0.2) is 35.4 Å². The zero-order valence-corrected chi connectivity index (χ0v) is 14.8. The molecule has 0 aliphatic carbocycles. The summed E-state index contributed by atoms with van der Waals surface area (Å²) in [6.07, 6.45) is 0.710. The van der Waals surface area contributed by atoms with E-state index in [0.29, 0.717) is 50.5 Å². The van der Waals surface area contributed by atoms with Crippen LogP contribution in [-0.2, 0) is 17.8 Å². The Morgan fingerprint density at radius 3 is 2.38 bits per heavy atom. The molecule has 8 heteroatoms. The van der Waals surface area contributed by atoms with Crippen LogP contribution in [0.3, 0.4) is 0 Å². The van der Waals surface area contributed by atoms with Gasteiger partial charge in [-0.1, -0.05) is 19.1 Å². The highest BCUT2D eigenvalue weighted by Crippen LogP contribution is 2.19. The van der Waals surface area contributed by atoms with Gasteiger partial charge < -0.3 is 15.4 Å². The fourth-order valence-electron chi connectivity index (χ4n) is 3.14. The zero-order valence-electron chi connectivity index (χ0n) is 14.8. The first-order valence-electron chi connectivity index (χ1n) is 8.73. The van der Waals surface area contributed by atoms with Gasteiger partial charge in [-0.05, 0) is 24.1 Å². The van der Waals surface area contributed by atoms with Gasteiger partial charge in [-0.3, -0.25) is 13.9 Å². The van der Waals surface area contributed by atoms with Crippen molar-refractivity contribution in [3.63, 3.8) is 0 Å². The molecule has 140 valence electrons. The van der Waals surface area contributed by atoms with Crippen molar-refractivity contribution in [2.75, 3.05) is 36.9 Å². The number of nitrogens with two attached hydrogens (primary N) is 1. The van der Waals surface area contributed by atoms with Gasteiger partial charge in [-0.2, -0.15) is 0 Å². The van der Waals surface area contributed by atoms with Crippen LogP contribution in [0.1, 0.15) is 18.9 Å². The summed E-state index contributed by atoms with van der Waals surface area (Å²) >= 11 is 0. The van der Waals surface area contributed by atoms with Gasteiger partial charge in [-0.15, -0.1) is 0 Å². The minimum Gasteiger partial charge on any atom is -0.383 e. The monoisotopic (exact) mass is 362 g/mol. The maximum absolute atomic E-state index is 13.1. The third-order valence-electron chi connectivity index (χ3n) is 4.47. The summed E-state index contributed by atoms with van der Waals surface area (Å²) in [5.74, 6) is -0.171. The molecule has 1 aromatic heterocycles. The van der Waals surface area contributed by atoms with Crippen molar-refractivity contribution in [1.82, 2.24) is 9.13 Å². The van der Waals surface area contributed by atoms with Gasteiger partial charge in [0, 0.05) is 19.6 Å². The highest BCUT2D eigenvalue weighted by Gasteiger charge is 2.23. The largest absolute Gasteiger partial charge is 0.383 e. The molecule has 7 nitrogen and oxygen atoms in total. The molecule has 1 aliphatic heterocycles. The zero-order chi connectivity index (χ0) is 18.7. The minimum absolute atomic E-state index is 0.0687. The summed E-state index contributed by atoms with van der Waals surface area (Å²) in [5.41, 5.74) is 6.34. The van der Waals surface area contributed by atoms with E-state index in [1.807, 2.05) is 11.8 Å². The average molecular weight is 362 g/mol. The molecule has 1 aromatic carbocycles. The van der Waals surface area contributed by atoms with Gasteiger partial charge in [-0.25, -0.2) is 9.18 Å². The van der Waals surface area contributed by atoms with E-state index in [-0.39, 0.29) is 18.2 Å². The number of nitrogen functional groups attached to an aromatic ring is 1. The molecule has 2 aromatic rings. The second-order valence-corrected chi connectivity index (χ2v) is 6.29. The highest BCUT2D eigenvalue weighted by molar-refractivity contribution is 5.62. The third-order valence-corrected chi connectivity index (χ3v) is 4.47. The molecule has 26 heavy (non-hydrogen) atoms. The Kier molecular flexibility index (Phi) is 5.41. The van der Waals surface area contributed by atoms with Crippen molar-refractivity contribution in [2.24, 2.45) is 0 Å². The lowest BCUT2D eigenvalue weighted by molar-refractivity contribution is 0.122. The average Bonchev–Trinajstić information content (AvgIpc) is 2.65. The van der Waals surface area contributed by atoms with Gasteiger partial charge in [0.2, 0.25) is 0 Å². The van der Waals surface area contributed by atoms with Crippen LogP contribution in [0, 0.1) is 5.82 Å². The van der Waals surface area contributed by atoms with Crippen LogP contribution >= 0.6 is 0 Å². The first-order chi connectivity index (χ1) is 12.5. The highest BCUT2D eigenvalue weighted by atomic mass is 19.1. The van der Waals surface area contributed by atoms with Crippen LogP contribution in [0.25, 0.3) is 0 Å². The lowest BCUT2D eigenvalue weighted by atomic mass is 10.2. The first kappa shape index (κ1) is 18.2. The summed E-state index contributed by atoms with van der Waals surface area (Å²) in [7, 11) is 0. The molecule has 3 rings (SSSR count). The molecule has 1 aliphatic rings. The van der Waals surface area contributed by atoms with Crippen LogP contribution in [0.15, 0.2) is 33.9 Å². The summed E-state index contributed by atoms with van der Waals surface area (Å²) in [6.45, 7) is 4.52. The van der Waals surface area contributed by atoms with Crippen LogP contribution < -0.4 is 21.9 Å². The quantitative estimate of drug-likeness (QED) is 0.859. The Bertz CT molecular complexity index is 883. The second-order valence-electron chi connectivity index (χ2n) is 6.29. The van der Waals surface area contributed by atoms with Crippen molar-refractivity contribution in [3.05, 3.63) is 56.5 Å². The van der Waals surface area contributed by atoms with Gasteiger partial charge >= 0.3 is 5.69 Å². The van der Waals surface area contributed by atoms with Crippen molar-refractivity contribution >= 4 is 11.5 Å². The Balaban J connectivity index is 2.12. The molecule has 2 heterocycles. The second kappa shape index (κ2) is 7.74. The Morgan fingerprint density at radius 2 is 1.77 bits per heavy atom. The Labute approximate surface area is 150 Å². The van der Waals surface area contributed by atoms with Crippen molar-refractivity contribution in [1.29, 1.82) is 0 Å². The summed E-state index contributed by atoms with van der Waals surface area (Å²) in [5, 5.41) is 0. The van der Waals surface area contributed by atoms with E-state index in [1.165, 1.54) is 21.3 Å². The molecule has 0 saturated carbocycles. The molecule has 1 saturated heterocycles. The fourth-order valence-corrected chi connectivity index (χ4v) is 3.14. The summed E-state index contributed by atoms with van der Waals surface area (Å²) in [6, 6.07) is 5.75. The Hall–Kier alpha value is -2.61. The number of rotatable bonds is 5. The molecule has 0 radical (unpaired) electrons. The van der Waals surface area contributed by atoms with Gasteiger partial charge in [0.25, 0.3) is 5.56 Å². The predicted octanol–water partition coefficient (Wildman–Crippen LogP) is 1.03. The van der Waals surface area contributed by atoms with Crippen LogP contribution in [0.5, 0.6) is 0 Å². The van der Waals surface area contributed by atoms with Gasteiger partial charge in [0.1, 0.15) is 17.3 Å². The first-order valence-corrected chi connectivity index (χ1v) is 8.73. The predicted molar refractivity (Wildman–Crippen MR) is 98.2 cm³/mol. The number of aromatic nitrogens is 2. The van der Waals surface area contributed by atoms with E-state index < -0.39 is 11.2 Å². The van der Waals surface area contributed by atoms with E-state index in [9.17, 15) is 14.0 Å². The molecule has 0 atom stereocenters. The smallest absolute Gasteiger partial charge is 0.332 e. The SMILES string of the molecule is CCCn1c(N)c(N2CCOCC2)c(=O)n(Cc2ccc(F)cc2)c1=O. The van der Waals surface area contributed by atoms with E-state index in [1.54, 1.807) is 12.1 Å². The van der Waals surface area contributed by atoms with Crippen molar-refractivity contribution < 1.29 is 9.13 Å². The molecular formula is C18H23FN4O3. The standard InChI is InChI=1S/C18H23FN4O3/c1-2-7-22-16(20)15(21-8-10-26-11-9-21)17(24)23(18(22)25)12-13-3-5-14(19)6-4-13/h3-6H,2,7-12,20H2,1H3. The number of ether oxygens (including phenoxy) is 1. The van der Waals surface area contributed by atoms with Gasteiger partial charge in [0.05, 0.1) is 19.8 Å². The number of anilines is 2. The Morgan fingerprint density at radius 1 is 1.12 bits per heavy atom. The lowest BCUT2D eigenvalue weighted by Crippen LogP contribution is -2.47. The van der Waals surface area contributed by atoms with Crippen LogP contribution in [0.4, 0.5) is 15.9 Å². The number of morpholine rings is 1. The van der Waals surface area contributed by atoms with E-state index in [2.05, 4.69) is 0 Å². The molecule has 0 amide bonds. The summed E-state index contributed by atoms with van der Waals surface area (Å²) < 4.78 is 21.1. The molecular weight excluding hydrogens is 339 g/mol. The normalized spacial score (nSPS) is 14.6. The number of hydrogen-bond donors (Lipinski definition) is 1. The number of hydrogen-bond acceptors (Lipinski definition) is 5. The molecule has 0 bridgehead atoms. The van der Waals surface area contributed by atoms with Crippen molar-refractivity contribution in [3.8, 4) is 0 Å². The number of halogens is 1. The molecule has 0 unspecified atom stereocenters. The van der Waals surface area contributed by atoms with Crippen LogP contribution in [0.2, 0.25) is 0 Å². The molecule has 2 N–H and O–H groups in total. The lowest BCUT2D eigenvalue weighted by Gasteiger charge is -2.30. The molecule has 1 fully saturated rings. The summed E-state index contributed by atoms with van der Waals surface area (Å²) in [4.78, 5) is 27.8. The minimum atomic E-state index is -0.448. The maximum atomic E-state index is 13.1. The number of benzene rings is 1. The maximum Gasteiger partial charge on any atom is 0.332 e. The van der Waals surface area contributed by atoms with Crippen molar-refractivity contribution in [2.45, 2.75) is 26.4 Å².